The molecule has 4 aromatic rings. The number of benzene rings is 4. The third-order valence-corrected chi connectivity index (χ3v) is 5.65. The van der Waals surface area contributed by atoms with E-state index in [1.807, 2.05) is 36.4 Å². The second kappa shape index (κ2) is 6.65. The van der Waals surface area contributed by atoms with Crippen LogP contribution in [0.3, 0.4) is 0 Å². The summed E-state index contributed by atoms with van der Waals surface area (Å²) in [6.45, 7) is 3.89. The molecule has 1 aliphatic rings. The Kier molecular flexibility index (Phi) is 3.98. The van der Waals surface area contributed by atoms with Crippen LogP contribution in [-0.4, -0.2) is 5.97 Å². The van der Waals surface area contributed by atoms with Crippen molar-refractivity contribution in [3.05, 3.63) is 102 Å². The Balaban J connectivity index is 1.42. The second-order valence-corrected chi connectivity index (χ2v) is 7.29. The van der Waals surface area contributed by atoms with Gasteiger partial charge in [-0.2, -0.15) is 0 Å². The molecule has 4 aromatic carbocycles. The van der Waals surface area contributed by atoms with Gasteiger partial charge < -0.3 is 4.74 Å². The molecule has 0 fully saturated rings. The van der Waals surface area contributed by atoms with Crippen LogP contribution in [0, 0.1) is 0 Å². The second-order valence-electron chi connectivity index (χ2n) is 7.29. The first-order chi connectivity index (χ1) is 13.7. The van der Waals surface area contributed by atoms with Gasteiger partial charge in [0.05, 0.1) is 6.42 Å². The highest BCUT2D eigenvalue weighted by molar-refractivity contribution is 5.95. The van der Waals surface area contributed by atoms with E-state index >= 15 is 0 Å². The molecule has 136 valence electrons. The number of rotatable bonds is 4. The largest absolute Gasteiger partial charge is 0.457 e. The minimum atomic E-state index is -0.202. The van der Waals surface area contributed by atoms with Gasteiger partial charge in [-0.15, -0.1) is 0 Å². The highest BCUT2D eigenvalue weighted by Crippen LogP contribution is 2.39. The molecule has 2 heteroatoms. The Labute approximate surface area is 164 Å². The van der Waals surface area contributed by atoms with Crippen LogP contribution in [0.1, 0.15) is 28.4 Å². The number of fused-ring (bicyclic) bond motifs is 1. The summed E-state index contributed by atoms with van der Waals surface area (Å²) in [7, 11) is 0. The molecule has 1 aliphatic carbocycles. The maximum atomic E-state index is 12.8. The minimum Gasteiger partial charge on any atom is -0.457 e. The molecule has 0 bridgehead atoms. The predicted octanol–water partition coefficient (Wildman–Crippen LogP) is 6.02. The maximum Gasteiger partial charge on any atom is 0.310 e. The highest BCUT2D eigenvalue weighted by atomic mass is 16.5. The lowest BCUT2D eigenvalue weighted by atomic mass is 9.98. The third kappa shape index (κ3) is 2.69. The number of hydrogen-bond acceptors (Lipinski definition) is 2. The molecular formula is C26H20O2. The van der Waals surface area contributed by atoms with E-state index in [-0.39, 0.29) is 18.5 Å². The van der Waals surface area contributed by atoms with E-state index in [9.17, 15) is 4.79 Å². The highest BCUT2D eigenvalue weighted by Gasteiger charge is 2.27. The Morgan fingerprint density at radius 1 is 0.964 bits per heavy atom. The van der Waals surface area contributed by atoms with E-state index < -0.39 is 0 Å². The van der Waals surface area contributed by atoms with Gasteiger partial charge in [-0.05, 0) is 38.2 Å². The van der Waals surface area contributed by atoms with E-state index in [0.717, 1.165) is 33.9 Å². The fourth-order valence-corrected chi connectivity index (χ4v) is 4.38. The molecule has 1 atom stereocenters. The average molecular weight is 364 g/mol. The Morgan fingerprint density at radius 2 is 1.75 bits per heavy atom. The summed E-state index contributed by atoms with van der Waals surface area (Å²) in [4.78, 5) is 12.8. The molecule has 0 saturated carbocycles. The Bertz CT molecular complexity index is 1230. The van der Waals surface area contributed by atoms with Crippen molar-refractivity contribution in [2.24, 2.45) is 0 Å². The van der Waals surface area contributed by atoms with Gasteiger partial charge in [0.2, 0.25) is 0 Å². The summed E-state index contributed by atoms with van der Waals surface area (Å²) >= 11 is 0. The van der Waals surface area contributed by atoms with Crippen LogP contribution < -0.4 is 0 Å². The maximum absolute atomic E-state index is 12.8. The monoisotopic (exact) mass is 364 g/mol. The van der Waals surface area contributed by atoms with Gasteiger partial charge in [-0.3, -0.25) is 4.79 Å². The van der Waals surface area contributed by atoms with Crippen molar-refractivity contribution >= 4 is 33.6 Å². The van der Waals surface area contributed by atoms with Crippen molar-refractivity contribution < 1.29 is 9.53 Å². The Morgan fingerprint density at radius 3 is 2.57 bits per heavy atom. The molecule has 0 heterocycles. The summed E-state index contributed by atoms with van der Waals surface area (Å²) in [5.74, 6) is -0.189. The van der Waals surface area contributed by atoms with E-state index in [2.05, 4.69) is 49.0 Å². The molecule has 0 radical (unpaired) electrons. The smallest absolute Gasteiger partial charge is 0.310 e. The number of ether oxygens (including phenoxy) is 1. The van der Waals surface area contributed by atoms with Crippen molar-refractivity contribution in [3.8, 4) is 0 Å². The standard InChI is InChI=1S/C26H20O2/c1-2-17-13-14-19(22-11-4-3-10-21(17)22)16-25(27)28-24-15-20-9-5-7-18-8-6-12-23(24)26(18)20/h2-14,24H,1,15-16H2. The third-order valence-electron chi connectivity index (χ3n) is 5.65. The number of carbonyl (C=O) groups excluding carboxylic acids is 1. The van der Waals surface area contributed by atoms with Crippen molar-refractivity contribution in [2.75, 3.05) is 0 Å². The molecule has 0 saturated heterocycles. The van der Waals surface area contributed by atoms with Gasteiger partial charge in [0.1, 0.15) is 6.10 Å². The van der Waals surface area contributed by atoms with E-state index in [0.29, 0.717) is 0 Å². The fraction of sp³-hybridized carbons (Fsp3) is 0.115. The van der Waals surface area contributed by atoms with Crippen LogP contribution in [0.25, 0.3) is 27.6 Å². The first kappa shape index (κ1) is 16.8. The molecule has 0 N–H and O–H groups in total. The molecule has 0 aliphatic heterocycles. The lowest BCUT2D eigenvalue weighted by molar-refractivity contribution is -0.148. The lowest BCUT2D eigenvalue weighted by Crippen LogP contribution is -2.13. The molecule has 0 aromatic heterocycles. The van der Waals surface area contributed by atoms with Crippen LogP contribution in [0.4, 0.5) is 0 Å². The summed E-state index contributed by atoms with van der Waals surface area (Å²) in [5, 5.41) is 4.64. The Hall–Kier alpha value is -3.39. The van der Waals surface area contributed by atoms with Gasteiger partial charge in [-0.1, -0.05) is 85.5 Å². The predicted molar refractivity (Wildman–Crippen MR) is 114 cm³/mol. The minimum absolute atomic E-state index is 0.189. The summed E-state index contributed by atoms with van der Waals surface area (Å²) < 4.78 is 5.93. The molecule has 2 nitrogen and oxygen atoms in total. The summed E-state index contributed by atoms with van der Waals surface area (Å²) in [6.07, 6.45) is 2.66. The van der Waals surface area contributed by atoms with Gasteiger partial charge in [0.25, 0.3) is 0 Å². The average Bonchev–Trinajstić information content (AvgIpc) is 3.08. The summed E-state index contributed by atoms with van der Waals surface area (Å²) in [6, 6.07) is 24.7. The first-order valence-corrected chi connectivity index (χ1v) is 9.57. The zero-order valence-electron chi connectivity index (χ0n) is 15.5. The van der Waals surface area contributed by atoms with Crippen LogP contribution in [0.2, 0.25) is 0 Å². The number of hydrogen-bond donors (Lipinski definition) is 0. The fourth-order valence-electron chi connectivity index (χ4n) is 4.38. The van der Waals surface area contributed by atoms with Gasteiger partial charge in [0.15, 0.2) is 0 Å². The van der Waals surface area contributed by atoms with Gasteiger partial charge >= 0.3 is 5.97 Å². The van der Waals surface area contributed by atoms with E-state index in [1.54, 1.807) is 0 Å². The van der Waals surface area contributed by atoms with Gasteiger partial charge in [0, 0.05) is 12.0 Å². The lowest BCUT2D eigenvalue weighted by Gasteiger charge is -2.15. The topological polar surface area (TPSA) is 26.3 Å². The molecule has 0 amide bonds. The van der Waals surface area contributed by atoms with Crippen molar-refractivity contribution in [1.29, 1.82) is 0 Å². The van der Waals surface area contributed by atoms with E-state index in [4.69, 9.17) is 4.74 Å². The van der Waals surface area contributed by atoms with E-state index in [1.165, 1.54) is 16.3 Å². The SMILES string of the molecule is C=Cc1ccc(CC(=O)OC2Cc3cccc4cccc2c34)c2ccccc12. The molecular weight excluding hydrogens is 344 g/mol. The number of carbonyl (C=O) groups is 1. The van der Waals surface area contributed by atoms with Gasteiger partial charge in [-0.25, -0.2) is 0 Å². The van der Waals surface area contributed by atoms with Crippen LogP contribution in [0.15, 0.2) is 79.4 Å². The molecule has 1 unspecified atom stereocenters. The molecule has 5 rings (SSSR count). The van der Waals surface area contributed by atoms with Crippen LogP contribution in [-0.2, 0) is 22.4 Å². The normalized spacial score (nSPS) is 15.1. The quantitative estimate of drug-likeness (QED) is 0.414. The van der Waals surface area contributed by atoms with Crippen molar-refractivity contribution in [2.45, 2.75) is 18.9 Å². The van der Waals surface area contributed by atoms with Crippen LogP contribution in [0.5, 0.6) is 0 Å². The van der Waals surface area contributed by atoms with Crippen LogP contribution >= 0.6 is 0 Å². The van der Waals surface area contributed by atoms with Crippen molar-refractivity contribution in [1.82, 2.24) is 0 Å². The molecule has 28 heavy (non-hydrogen) atoms. The molecule has 0 spiro atoms. The van der Waals surface area contributed by atoms with Crippen molar-refractivity contribution in [3.63, 3.8) is 0 Å². The summed E-state index contributed by atoms with van der Waals surface area (Å²) in [5.41, 5.74) is 4.44. The zero-order chi connectivity index (χ0) is 19.1. The number of esters is 1. The first-order valence-electron chi connectivity index (χ1n) is 9.57. The zero-order valence-corrected chi connectivity index (χ0v) is 15.5.